The molecular formula is C14H14FN3O3. The normalized spacial score (nSPS) is 20.4. The number of aromatic nitrogens is 1. The third-order valence-electron chi connectivity index (χ3n) is 3.79. The number of amides is 1. The predicted octanol–water partition coefficient (Wildman–Crippen LogP) is 1.63. The van der Waals surface area contributed by atoms with E-state index in [1.165, 1.54) is 12.1 Å². The fourth-order valence-corrected chi connectivity index (χ4v) is 2.51. The second-order valence-electron chi connectivity index (χ2n) is 5.24. The van der Waals surface area contributed by atoms with E-state index < -0.39 is 16.9 Å². The molecule has 0 radical (unpaired) electrons. The van der Waals surface area contributed by atoms with E-state index in [9.17, 15) is 19.3 Å². The van der Waals surface area contributed by atoms with Crippen LogP contribution in [0.2, 0.25) is 0 Å². The SMILES string of the molecule is O=C(NCCc1c[nH]c2cc(F)ccc12)C1CC1[N+](=O)[O-]. The minimum atomic E-state index is -0.721. The Morgan fingerprint density at radius 2 is 2.33 bits per heavy atom. The summed E-state index contributed by atoms with van der Waals surface area (Å²) in [5.41, 5.74) is 1.69. The summed E-state index contributed by atoms with van der Waals surface area (Å²) >= 11 is 0. The van der Waals surface area contributed by atoms with Crippen LogP contribution in [0.1, 0.15) is 12.0 Å². The third kappa shape index (κ3) is 2.72. The van der Waals surface area contributed by atoms with Gasteiger partial charge in [0.2, 0.25) is 11.9 Å². The molecule has 1 aliphatic carbocycles. The molecule has 6 nitrogen and oxygen atoms in total. The molecule has 2 unspecified atom stereocenters. The monoisotopic (exact) mass is 291 g/mol. The Hall–Kier alpha value is -2.44. The van der Waals surface area contributed by atoms with E-state index in [4.69, 9.17) is 0 Å². The summed E-state index contributed by atoms with van der Waals surface area (Å²) in [5.74, 6) is -1.05. The van der Waals surface area contributed by atoms with Crippen LogP contribution in [0.4, 0.5) is 4.39 Å². The first-order valence-electron chi connectivity index (χ1n) is 6.73. The number of nitrogens with one attached hydrogen (secondary N) is 2. The van der Waals surface area contributed by atoms with Gasteiger partial charge in [0.25, 0.3) is 0 Å². The highest BCUT2D eigenvalue weighted by Crippen LogP contribution is 2.32. The van der Waals surface area contributed by atoms with Crippen molar-refractivity contribution in [1.29, 1.82) is 0 Å². The summed E-state index contributed by atoms with van der Waals surface area (Å²) in [7, 11) is 0. The van der Waals surface area contributed by atoms with Crippen molar-refractivity contribution in [2.24, 2.45) is 5.92 Å². The molecule has 3 rings (SSSR count). The number of carbonyl (C=O) groups excluding carboxylic acids is 1. The number of H-pyrrole nitrogens is 1. The Morgan fingerprint density at radius 3 is 3.05 bits per heavy atom. The van der Waals surface area contributed by atoms with Crippen LogP contribution in [-0.4, -0.2) is 28.4 Å². The zero-order chi connectivity index (χ0) is 15.0. The Morgan fingerprint density at radius 1 is 1.52 bits per heavy atom. The topological polar surface area (TPSA) is 88.0 Å². The Kier molecular flexibility index (Phi) is 3.32. The van der Waals surface area contributed by atoms with Crippen molar-refractivity contribution < 1.29 is 14.1 Å². The van der Waals surface area contributed by atoms with Crippen LogP contribution in [0.3, 0.4) is 0 Å². The molecule has 1 heterocycles. The molecule has 1 aliphatic rings. The molecule has 1 fully saturated rings. The van der Waals surface area contributed by atoms with E-state index in [1.54, 1.807) is 12.3 Å². The van der Waals surface area contributed by atoms with Gasteiger partial charge >= 0.3 is 0 Å². The summed E-state index contributed by atoms with van der Waals surface area (Å²) in [6.45, 7) is 0.407. The Balaban J connectivity index is 1.55. The zero-order valence-electron chi connectivity index (χ0n) is 11.1. The van der Waals surface area contributed by atoms with Gasteiger partial charge in [-0.05, 0) is 30.2 Å². The summed E-state index contributed by atoms with van der Waals surface area (Å²) in [4.78, 5) is 24.8. The summed E-state index contributed by atoms with van der Waals surface area (Å²) in [5, 5.41) is 14.1. The van der Waals surface area contributed by atoms with Gasteiger partial charge in [0.15, 0.2) is 0 Å². The molecule has 0 bridgehead atoms. The minimum Gasteiger partial charge on any atom is -0.361 e. The van der Waals surface area contributed by atoms with E-state index in [-0.39, 0.29) is 11.7 Å². The highest BCUT2D eigenvalue weighted by Gasteiger charge is 2.53. The number of benzene rings is 1. The van der Waals surface area contributed by atoms with Gasteiger partial charge in [0.1, 0.15) is 11.7 Å². The maximum Gasteiger partial charge on any atom is 0.230 e. The predicted molar refractivity (Wildman–Crippen MR) is 73.9 cm³/mol. The molecule has 2 aromatic rings. The molecule has 0 spiro atoms. The third-order valence-corrected chi connectivity index (χ3v) is 3.79. The molecule has 1 saturated carbocycles. The molecule has 1 amide bonds. The second-order valence-corrected chi connectivity index (χ2v) is 5.24. The van der Waals surface area contributed by atoms with Gasteiger partial charge in [-0.25, -0.2) is 4.39 Å². The van der Waals surface area contributed by atoms with Gasteiger partial charge in [-0.3, -0.25) is 14.9 Å². The largest absolute Gasteiger partial charge is 0.361 e. The first kappa shape index (κ1) is 13.5. The molecule has 110 valence electrons. The lowest BCUT2D eigenvalue weighted by Crippen LogP contribution is -2.29. The number of aromatic amines is 1. The number of hydrogen-bond donors (Lipinski definition) is 2. The molecule has 2 N–H and O–H groups in total. The highest BCUT2D eigenvalue weighted by atomic mass is 19.1. The minimum absolute atomic E-state index is 0.261. The summed E-state index contributed by atoms with van der Waals surface area (Å²) in [6, 6.07) is 3.79. The average Bonchev–Trinajstić information content (AvgIpc) is 3.16. The van der Waals surface area contributed by atoms with Gasteiger partial charge in [0, 0.05) is 35.0 Å². The van der Waals surface area contributed by atoms with Crippen molar-refractivity contribution in [2.75, 3.05) is 6.54 Å². The van der Waals surface area contributed by atoms with Crippen LogP contribution in [0, 0.1) is 21.8 Å². The number of hydrogen-bond acceptors (Lipinski definition) is 3. The highest BCUT2D eigenvalue weighted by molar-refractivity contribution is 5.84. The first-order chi connectivity index (χ1) is 10.1. The van der Waals surface area contributed by atoms with Crippen LogP contribution in [0.5, 0.6) is 0 Å². The molecule has 1 aromatic heterocycles. The number of halogens is 1. The van der Waals surface area contributed by atoms with Crippen molar-refractivity contribution in [1.82, 2.24) is 10.3 Å². The Labute approximate surface area is 119 Å². The lowest BCUT2D eigenvalue weighted by molar-refractivity contribution is -0.497. The summed E-state index contributed by atoms with van der Waals surface area (Å²) in [6.07, 6.45) is 2.70. The fourth-order valence-electron chi connectivity index (χ4n) is 2.51. The standard InChI is InChI=1S/C14H14FN3O3/c15-9-1-2-10-8(7-17-12(10)5-9)3-4-16-14(19)11-6-13(11)18(20)21/h1-2,5,7,11,13,17H,3-4,6H2,(H,16,19). The van der Waals surface area contributed by atoms with Gasteiger partial charge in [-0.1, -0.05) is 0 Å². The summed E-state index contributed by atoms with van der Waals surface area (Å²) < 4.78 is 13.1. The van der Waals surface area contributed by atoms with Gasteiger partial charge in [-0.2, -0.15) is 0 Å². The van der Waals surface area contributed by atoms with Gasteiger partial charge in [0.05, 0.1) is 0 Å². The van der Waals surface area contributed by atoms with E-state index in [2.05, 4.69) is 10.3 Å². The molecule has 0 aliphatic heterocycles. The maximum absolute atomic E-state index is 13.1. The molecule has 21 heavy (non-hydrogen) atoms. The zero-order valence-corrected chi connectivity index (χ0v) is 11.1. The van der Waals surface area contributed by atoms with Crippen molar-refractivity contribution in [2.45, 2.75) is 18.9 Å². The van der Waals surface area contributed by atoms with Crippen LogP contribution >= 0.6 is 0 Å². The number of rotatable bonds is 5. The number of fused-ring (bicyclic) bond motifs is 1. The van der Waals surface area contributed by atoms with Crippen LogP contribution in [-0.2, 0) is 11.2 Å². The molecule has 7 heteroatoms. The molecule has 2 atom stereocenters. The lowest BCUT2D eigenvalue weighted by Gasteiger charge is -2.03. The van der Waals surface area contributed by atoms with E-state index in [1.807, 2.05) is 0 Å². The van der Waals surface area contributed by atoms with Gasteiger partial charge < -0.3 is 10.3 Å². The van der Waals surface area contributed by atoms with E-state index in [0.717, 1.165) is 10.9 Å². The van der Waals surface area contributed by atoms with Crippen molar-refractivity contribution in [3.05, 3.63) is 45.9 Å². The van der Waals surface area contributed by atoms with Crippen LogP contribution < -0.4 is 5.32 Å². The second kappa shape index (κ2) is 5.16. The van der Waals surface area contributed by atoms with Crippen molar-refractivity contribution in [3.63, 3.8) is 0 Å². The molecule has 0 saturated heterocycles. The number of nitrogens with zero attached hydrogens (tertiary/aromatic N) is 1. The van der Waals surface area contributed by atoms with Crippen LogP contribution in [0.25, 0.3) is 10.9 Å². The molecule has 1 aromatic carbocycles. The molecular weight excluding hydrogens is 277 g/mol. The van der Waals surface area contributed by atoms with Crippen molar-refractivity contribution in [3.8, 4) is 0 Å². The first-order valence-corrected chi connectivity index (χ1v) is 6.73. The quantitative estimate of drug-likeness (QED) is 0.648. The van der Waals surface area contributed by atoms with Crippen LogP contribution in [0.15, 0.2) is 24.4 Å². The number of carbonyl (C=O) groups is 1. The van der Waals surface area contributed by atoms with Gasteiger partial charge in [-0.15, -0.1) is 0 Å². The lowest BCUT2D eigenvalue weighted by atomic mass is 10.1. The van der Waals surface area contributed by atoms with E-state index >= 15 is 0 Å². The Bertz CT molecular complexity index is 713. The maximum atomic E-state index is 13.1. The van der Waals surface area contributed by atoms with E-state index in [0.29, 0.717) is 24.9 Å². The average molecular weight is 291 g/mol. The smallest absolute Gasteiger partial charge is 0.230 e. The number of nitro groups is 1. The fraction of sp³-hybridized carbons (Fsp3) is 0.357. The van der Waals surface area contributed by atoms with Crippen molar-refractivity contribution >= 4 is 16.8 Å².